The first kappa shape index (κ1) is 15.5. The summed E-state index contributed by atoms with van der Waals surface area (Å²) < 4.78 is 0. The SMILES string of the molecule is CNC(=O)C(C)(C)CNC(C)c1cc2c(s1)CCCC2. The van der Waals surface area contributed by atoms with Gasteiger partial charge in [-0.25, -0.2) is 0 Å². The molecular formula is C16H26N2OS. The van der Waals surface area contributed by atoms with Crippen molar-refractivity contribution >= 4 is 17.2 Å². The molecule has 2 rings (SSSR count). The van der Waals surface area contributed by atoms with Gasteiger partial charge in [0.2, 0.25) is 5.91 Å². The van der Waals surface area contributed by atoms with Crippen LogP contribution in [0.2, 0.25) is 0 Å². The summed E-state index contributed by atoms with van der Waals surface area (Å²) in [5.41, 5.74) is 1.18. The van der Waals surface area contributed by atoms with Crippen LogP contribution in [0.15, 0.2) is 6.07 Å². The van der Waals surface area contributed by atoms with Crippen molar-refractivity contribution in [1.82, 2.24) is 10.6 Å². The summed E-state index contributed by atoms with van der Waals surface area (Å²) in [5, 5.41) is 6.25. The normalized spacial score (nSPS) is 16.6. The molecule has 0 saturated carbocycles. The molecule has 20 heavy (non-hydrogen) atoms. The lowest BCUT2D eigenvalue weighted by Crippen LogP contribution is -2.42. The maximum Gasteiger partial charge on any atom is 0.226 e. The van der Waals surface area contributed by atoms with Crippen molar-refractivity contribution in [1.29, 1.82) is 0 Å². The number of rotatable bonds is 5. The van der Waals surface area contributed by atoms with Gasteiger partial charge >= 0.3 is 0 Å². The Morgan fingerprint density at radius 3 is 2.75 bits per heavy atom. The Bertz CT molecular complexity index is 455. The highest BCUT2D eigenvalue weighted by atomic mass is 32.1. The molecule has 0 radical (unpaired) electrons. The smallest absolute Gasteiger partial charge is 0.226 e. The first-order chi connectivity index (χ1) is 9.44. The number of nitrogens with one attached hydrogen (secondary N) is 2. The lowest BCUT2D eigenvalue weighted by molar-refractivity contribution is -0.128. The number of aryl methyl sites for hydroxylation is 2. The summed E-state index contributed by atoms with van der Waals surface area (Å²) in [6, 6.07) is 2.68. The van der Waals surface area contributed by atoms with Crippen LogP contribution in [0.3, 0.4) is 0 Å². The molecule has 1 heterocycles. The van der Waals surface area contributed by atoms with Crippen molar-refractivity contribution in [3.63, 3.8) is 0 Å². The van der Waals surface area contributed by atoms with E-state index in [0.29, 0.717) is 12.6 Å². The number of hydrogen-bond donors (Lipinski definition) is 2. The molecule has 1 aliphatic rings. The summed E-state index contributed by atoms with van der Waals surface area (Å²) in [7, 11) is 1.70. The molecule has 0 aliphatic heterocycles. The third-order valence-electron chi connectivity index (χ3n) is 4.13. The van der Waals surface area contributed by atoms with Gasteiger partial charge in [0.05, 0.1) is 5.41 Å². The lowest BCUT2D eigenvalue weighted by Gasteiger charge is -2.25. The van der Waals surface area contributed by atoms with Crippen LogP contribution in [0.4, 0.5) is 0 Å². The Hall–Kier alpha value is -0.870. The van der Waals surface area contributed by atoms with E-state index in [2.05, 4.69) is 23.6 Å². The second-order valence-corrected chi connectivity index (χ2v) is 7.54. The van der Waals surface area contributed by atoms with Gasteiger partial charge in [0.15, 0.2) is 0 Å². The minimum Gasteiger partial charge on any atom is -0.359 e. The number of amides is 1. The van der Waals surface area contributed by atoms with Crippen molar-refractivity contribution in [3.8, 4) is 0 Å². The van der Waals surface area contributed by atoms with Crippen molar-refractivity contribution in [2.75, 3.05) is 13.6 Å². The molecule has 0 saturated heterocycles. The summed E-state index contributed by atoms with van der Waals surface area (Å²) >= 11 is 1.95. The van der Waals surface area contributed by atoms with Crippen LogP contribution >= 0.6 is 11.3 Å². The summed E-state index contributed by atoms with van der Waals surface area (Å²) in [6.07, 6.45) is 5.14. The fourth-order valence-electron chi connectivity index (χ4n) is 2.65. The predicted octanol–water partition coefficient (Wildman–Crippen LogP) is 3.05. The maximum atomic E-state index is 11.8. The minimum absolute atomic E-state index is 0.0858. The Morgan fingerprint density at radius 1 is 1.40 bits per heavy atom. The zero-order chi connectivity index (χ0) is 14.8. The van der Waals surface area contributed by atoms with Gasteiger partial charge in [0, 0.05) is 29.4 Å². The molecule has 112 valence electrons. The van der Waals surface area contributed by atoms with E-state index in [1.165, 1.54) is 30.6 Å². The summed E-state index contributed by atoms with van der Waals surface area (Å²) in [6.45, 7) is 6.84. The van der Waals surface area contributed by atoms with Crippen LogP contribution in [0.25, 0.3) is 0 Å². The van der Waals surface area contributed by atoms with Crippen molar-refractivity contribution in [2.45, 2.75) is 52.5 Å². The van der Waals surface area contributed by atoms with Gasteiger partial charge in [-0.15, -0.1) is 11.3 Å². The van der Waals surface area contributed by atoms with Crippen LogP contribution in [0.5, 0.6) is 0 Å². The molecule has 1 unspecified atom stereocenters. The third-order valence-corrected chi connectivity index (χ3v) is 5.55. The molecule has 0 spiro atoms. The van der Waals surface area contributed by atoms with E-state index in [9.17, 15) is 4.79 Å². The summed E-state index contributed by atoms with van der Waals surface area (Å²) in [4.78, 5) is 14.8. The van der Waals surface area contributed by atoms with E-state index in [-0.39, 0.29) is 11.3 Å². The lowest BCUT2D eigenvalue weighted by atomic mass is 9.92. The van der Waals surface area contributed by atoms with Crippen LogP contribution in [0, 0.1) is 5.41 Å². The van der Waals surface area contributed by atoms with E-state index in [1.807, 2.05) is 25.2 Å². The molecule has 0 fully saturated rings. The molecule has 4 heteroatoms. The Balaban J connectivity index is 1.96. The second-order valence-electron chi connectivity index (χ2n) is 6.37. The van der Waals surface area contributed by atoms with E-state index in [4.69, 9.17) is 0 Å². The molecule has 1 aromatic rings. The molecule has 1 aliphatic carbocycles. The van der Waals surface area contributed by atoms with Gasteiger partial charge in [-0.1, -0.05) is 0 Å². The third kappa shape index (κ3) is 3.41. The molecule has 2 N–H and O–H groups in total. The van der Waals surface area contributed by atoms with Crippen molar-refractivity contribution in [3.05, 3.63) is 21.4 Å². The summed E-state index contributed by atoms with van der Waals surface area (Å²) in [5.74, 6) is 0.0858. The first-order valence-electron chi connectivity index (χ1n) is 7.51. The van der Waals surface area contributed by atoms with E-state index < -0.39 is 0 Å². The highest BCUT2D eigenvalue weighted by molar-refractivity contribution is 7.12. The molecule has 0 bridgehead atoms. The molecule has 1 amide bonds. The highest BCUT2D eigenvalue weighted by Gasteiger charge is 2.27. The van der Waals surface area contributed by atoms with E-state index in [1.54, 1.807) is 17.5 Å². The van der Waals surface area contributed by atoms with Gasteiger partial charge in [-0.05, 0) is 58.1 Å². The van der Waals surface area contributed by atoms with Crippen molar-refractivity contribution in [2.24, 2.45) is 5.41 Å². The van der Waals surface area contributed by atoms with Crippen LogP contribution in [-0.4, -0.2) is 19.5 Å². The topological polar surface area (TPSA) is 41.1 Å². The maximum absolute atomic E-state index is 11.8. The monoisotopic (exact) mass is 294 g/mol. The predicted molar refractivity (Wildman–Crippen MR) is 85.2 cm³/mol. The minimum atomic E-state index is -0.375. The van der Waals surface area contributed by atoms with Crippen molar-refractivity contribution < 1.29 is 4.79 Å². The van der Waals surface area contributed by atoms with Gasteiger partial charge in [0.25, 0.3) is 0 Å². The quantitative estimate of drug-likeness (QED) is 0.876. The van der Waals surface area contributed by atoms with E-state index in [0.717, 1.165) is 0 Å². The number of carbonyl (C=O) groups excluding carboxylic acids is 1. The number of thiophene rings is 1. The zero-order valence-corrected chi connectivity index (χ0v) is 13.8. The number of fused-ring (bicyclic) bond motifs is 1. The standard InChI is InChI=1S/C16H26N2OS/c1-11(18-10-16(2,3)15(19)17-4)14-9-12-7-5-6-8-13(12)20-14/h9,11,18H,5-8,10H2,1-4H3,(H,17,19). The fourth-order valence-corrected chi connectivity index (χ4v) is 3.94. The van der Waals surface area contributed by atoms with Gasteiger partial charge < -0.3 is 10.6 Å². The molecule has 1 atom stereocenters. The average molecular weight is 294 g/mol. The van der Waals surface area contributed by atoms with Crippen LogP contribution in [0.1, 0.15) is 55.0 Å². The zero-order valence-electron chi connectivity index (χ0n) is 13.0. The Kier molecular flexibility index (Phi) is 4.86. The average Bonchev–Trinajstić information content (AvgIpc) is 2.87. The second kappa shape index (κ2) is 6.27. The first-order valence-corrected chi connectivity index (χ1v) is 8.33. The van der Waals surface area contributed by atoms with Gasteiger partial charge in [-0.2, -0.15) is 0 Å². The molecule has 0 aromatic carbocycles. The van der Waals surface area contributed by atoms with Gasteiger partial charge in [0.1, 0.15) is 0 Å². The van der Waals surface area contributed by atoms with Gasteiger partial charge in [-0.3, -0.25) is 4.79 Å². The molecular weight excluding hydrogens is 268 g/mol. The van der Waals surface area contributed by atoms with Crippen LogP contribution in [-0.2, 0) is 17.6 Å². The highest BCUT2D eigenvalue weighted by Crippen LogP contribution is 2.33. The largest absolute Gasteiger partial charge is 0.359 e. The Labute approximate surface area is 126 Å². The number of hydrogen-bond acceptors (Lipinski definition) is 3. The van der Waals surface area contributed by atoms with E-state index >= 15 is 0 Å². The molecule has 3 nitrogen and oxygen atoms in total. The van der Waals surface area contributed by atoms with Crippen LogP contribution < -0.4 is 10.6 Å². The number of carbonyl (C=O) groups is 1. The fraction of sp³-hybridized carbons (Fsp3) is 0.688. The Morgan fingerprint density at radius 2 is 2.10 bits per heavy atom. The molecule has 1 aromatic heterocycles.